The molecule has 22 heavy (non-hydrogen) atoms. The zero-order valence-corrected chi connectivity index (χ0v) is 13.3. The molecule has 4 nitrogen and oxygen atoms in total. The van der Waals surface area contributed by atoms with Gasteiger partial charge in [-0.2, -0.15) is 0 Å². The molecule has 2 aromatic rings. The number of oxazole rings is 1. The molecular formula is C17H21ClN2O2. The second kappa shape index (κ2) is 7.27. The normalized spacial score (nSPS) is 14.7. The zero-order chi connectivity index (χ0) is 15.4. The molecule has 1 aliphatic rings. The molecule has 0 saturated heterocycles. The Hall–Kier alpha value is -1.36. The average Bonchev–Trinajstić information content (AvgIpc) is 3.26. The summed E-state index contributed by atoms with van der Waals surface area (Å²) in [5, 5.41) is 9.61. The van der Waals surface area contributed by atoms with Gasteiger partial charge in [0.2, 0.25) is 5.89 Å². The predicted octanol–water partition coefficient (Wildman–Crippen LogP) is 3.73. The fraction of sp³-hybridized carbons (Fsp3) is 0.471. The molecule has 0 spiro atoms. The van der Waals surface area contributed by atoms with Gasteiger partial charge in [-0.25, -0.2) is 4.98 Å². The van der Waals surface area contributed by atoms with Gasteiger partial charge in [0.05, 0.1) is 12.7 Å². The van der Waals surface area contributed by atoms with Gasteiger partial charge in [-0.3, -0.25) is 4.90 Å². The summed E-state index contributed by atoms with van der Waals surface area (Å²) in [6.07, 6.45) is 6.12. The second-order valence-electron chi connectivity index (χ2n) is 5.76. The van der Waals surface area contributed by atoms with Crippen LogP contribution in [0.15, 0.2) is 34.9 Å². The number of hydrogen-bond donors (Lipinski definition) is 1. The molecule has 1 aliphatic carbocycles. The van der Waals surface area contributed by atoms with E-state index in [-0.39, 0.29) is 6.61 Å². The Labute approximate surface area is 135 Å². The first-order valence-corrected chi connectivity index (χ1v) is 8.19. The average molecular weight is 321 g/mol. The third kappa shape index (κ3) is 4.09. The molecule has 1 N–H and O–H groups in total. The number of hydrogen-bond acceptors (Lipinski definition) is 4. The van der Waals surface area contributed by atoms with Crippen LogP contribution in [0.3, 0.4) is 0 Å². The van der Waals surface area contributed by atoms with Crippen LogP contribution in [0, 0.1) is 0 Å². The number of unbranched alkanes of at least 4 members (excludes halogenated alkanes) is 1. The fourth-order valence-electron chi connectivity index (χ4n) is 2.59. The fourth-order valence-corrected chi connectivity index (χ4v) is 2.78. The molecule has 1 heterocycles. The van der Waals surface area contributed by atoms with E-state index in [1.54, 1.807) is 6.20 Å². The summed E-state index contributed by atoms with van der Waals surface area (Å²) in [6, 6.07) is 8.26. The molecule has 1 fully saturated rings. The zero-order valence-electron chi connectivity index (χ0n) is 12.5. The van der Waals surface area contributed by atoms with Crippen LogP contribution in [-0.2, 0) is 6.54 Å². The van der Waals surface area contributed by atoms with Crippen molar-refractivity contribution in [3.63, 3.8) is 0 Å². The van der Waals surface area contributed by atoms with Crippen LogP contribution >= 0.6 is 11.6 Å². The van der Waals surface area contributed by atoms with Gasteiger partial charge in [-0.1, -0.05) is 23.7 Å². The highest BCUT2D eigenvalue weighted by atomic mass is 35.5. The smallest absolute Gasteiger partial charge is 0.209 e. The van der Waals surface area contributed by atoms with E-state index >= 15 is 0 Å². The summed E-state index contributed by atoms with van der Waals surface area (Å²) < 4.78 is 5.88. The van der Waals surface area contributed by atoms with Crippen LogP contribution in [0.5, 0.6) is 0 Å². The Morgan fingerprint density at radius 3 is 2.91 bits per heavy atom. The minimum Gasteiger partial charge on any atom is -0.439 e. The van der Waals surface area contributed by atoms with E-state index in [1.807, 2.05) is 24.3 Å². The molecule has 1 saturated carbocycles. The molecule has 0 atom stereocenters. The lowest BCUT2D eigenvalue weighted by molar-refractivity contribution is 0.212. The summed E-state index contributed by atoms with van der Waals surface area (Å²) in [6.45, 7) is 1.98. The molecule has 0 amide bonds. The molecule has 3 rings (SSSR count). The molecule has 1 aromatic carbocycles. The summed E-state index contributed by atoms with van der Waals surface area (Å²) in [7, 11) is 0. The topological polar surface area (TPSA) is 49.5 Å². The Morgan fingerprint density at radius 1 is 1.32 bits per heavy atom. The molecule has 118 valence electrons. The first kappa shape index (κ1) is 15.5. The van der Waals surface area contributed by atoms with Gasteiger partial charge in [-0.05, 0) is 44.4 Å². The summed E-state index contributed by atoms with van der Waals surface area (Å²) in [5.74, 6) is 1.49. The van der Waals surface area contributed by atoms with Crippen molar-refractivity contribution in [1.29, 1.82) is 0 Å². The van der Waals surface area contributed by atoms with E-state index < -0.39 is 0 Å². The summed E-state index contributed by atoms with van der Waals surface area (Å²) in [4.78, 5) is 6.81. The summed E-state index contributed by atoms with van der Waals surface area (Å²) >= 11 is 6.02. The third-order valence-electron chi connectivity index (χ3n) is 3.92. The highest BCUT2D eigenvalue weighted by molar-refractivity contribution is 6.30. The van der Waals surface area contributed by atoms with Crippen molar-refractivity contribution in [1.82, 2.24) is 9.88 Å². The Balaban J connectivity index is 1.65. The van der Waals surface area contributed by atoms with E-state index in [0.29, 0.717) is 11.1 Å². The van der Waals surface area contributed by atoms with E-state index in [1.165, 1.54) is 12.8 Å². The monoisotopic (exact) mass is 320 g/mol. The van der Waals surface area contributed by atoms with Crippen molar-refractivity contribution in [3.05, 3.63) is 41.4 Å². The molecular weight excluding hydrogens is 300 g/mol. The van der Waals surface area contributed by atoms with Crippen molar-refractivity contribution < 1.29 is 9.52 Å². The predicted molar refractivity (Wildman–Crippen MR) is 86.7 cm³/mol. The van der Waals surface area contributed by atoms with E-state index in [4.69, 9.17) is 21.1 Å². The van der Waals surface area contributed by atoms with Gasteiger partial charge < -0.3 is 9.52 Å². The van der Waals surface area contributed by atoms with E-state index in [2.05, 4.69) is 9.88 Å². The minimum atomic E-state index is 0.260. The Morgan fingerprint density at radius 2 is 2.18 bits per heavy atom. The van der Waals surface area contributed by atoms with E-state index in [0.717, 1.165) is 43.1 Å². The van der Waals surface area contributed by atoms with Gasteiger partial charge in [0.1, 0.15) is 0 Å². The van der Waals surface area contributed by atoms with Crippen LogP contribution in [0.2, 0.25) is 5.02 Å². The van der Waals surface area contributed by atoms with Crippen LogP contribution < -0.4 is 0 Å². The van der Waals surface area contributed by atoms with Crippen LogP contribution in [0.1, 0.15) is 31.6 Å². The van der Waals surface area contributed by atoms with Crippen molar-refractivity contribution in [2.75, 3.05) is 13.2 Å². The number of aliphatic hydroxyl groups is 1. The molecule has 1 aromatic heterocycles. The number of aliphatic hydroxyl groups excluding tert-OH is 1. The molecule has 0 unspecified atom stereocenters. The maximum absolute atomic E-state index is 8.91. The maximum atomic E-state index is 8.91. The number of halogens is 1. The lowest BCUT2D eigenvalue weighted by Gasteiger charge is -2.19. The Bertz CT molecular complexity index is 610. The van der Waals surface area contributed by atoms with Gasteiger partial charge in [0.15, 0.2) is 5.76 Å². The van der Waals surface area contributed by atoms with Crippen molar-refractivity contribution >= 4 is 11.6 Å². The van der Waals surface area contributed by atoms with Gasteiger partial charge in [-0.15, -0.1) is 0 Å². The van der Waals surface area contributed by atoms with Crippen LogP contribution in [0.25, 0.3) is 11.3 Å². The lowest BCUT2D eigenvalue weighted by Crippen LogP contribution is -2.27. The second-order valence-corrected chi connectivity index (χ2v) is 6.20. The minimum absolute atomic E-state index is 0.260. The number of nitrogens with zero attached hydrogens (tertiary/aromatic N) is 2. The lowest BCUT2D eigenvalue weighted by atomic mass is 10.2. The molecule has 0 aliphatic heterocycles. The van der Waals surface area contributed by atoms with E-state index in [9.17, 15) is 0 Å². The standard InChI is InChI=1S/C17H21ClN2O2/c18-14-5-3-4-13(10-14)16-11-19-17(22-16)12-20(15-6-7-15)8-1-2-9-21/h3-5,10-11,15,21H,1-2,6-9,12H2. The van der Waals surface area contributed by atoms with Crippen molar-refractivity contribution in [2.45, 2.75) is 38.3 Å². The van der Waals surface area contributed by atoms with Crippen molar-refractivity contribution in [3.8, 4) is 11.3 Å². The van der Waals surface area contributed by atoms with Gasteiger partial charge in [0.25, 0.3) is 0 Å². The number of aromatic nitrogens is 1. The SMILES string of the molecule is OCCCCN(Cc1ncc(-c2cccc(Cl)c2)o1)C1CC1. The number of benzene rings is 1. The highest BCUT2D eigenvalue weighted by Crippen LogP contribution is 2.29. The first-order valence-electron chi connectivity index (χ1n) is 7.82. The largest absolute Gasteiger partial charge is 0.439 e. The molecule has 5 heteroatoms. The molecule has 0 radical (unpaired) electrons. The van der Waals surface area contributed by atoms with Gasteiger partial charge >= 0.3 is 0 Å². The van der Waals surface area contributed by atoms with Gasteiger partial charge in [0, 0.05) is 23.2 Å². The highest BCUT2D eigenvalue weighted by Gasteiger charge is 2.29. The first-order chi connectivity index (χ1) is 10.8. The van der Waals surface area contributed by atoms with Crippen LogP contribution in [-0.4, -0.2) is 34.2 Å². The van der Waals surface area contributed by atoms with Crippen molar-refractivity contribution in [2.24, 2.45) is 0 Å². The third-order valence-corrected chi connectivity index (χ3v) is 4.15. The van der Waals surface area contributed by atoms with Crippen LogP contribution in [0.4, 0.5) is 0 Å². The molecule has 0 bridgehead atoms. The maximum Gasteiger partial charge on any atom is 0.209 e. The summed E-state index contributed by atoms with van der Waals surface area (Å²) in [5.41, 5.74) is 0.949. The quantitative estimate of drug-likeness (QED) is 0.753. The Kier molecular flexibility index (Phi) is 5.13. The number of rotatable bonds is 8.